The molecule has 70 heavy (non-hydrogen) atoms. The molecule has 15 heteroatoms. The largest absolute Gasteiger partial charge is 0.507 e. The lowest BCUT2D eigenvalue weighted by Crippen LogP contribution is -2.58. The number of nitrogens with one attached hydrogen (secondary N) is 1. The lowest BCUT2D eigenvalue weighted by molar-refractivity contribution is -0.160. The number of esters is 1. The first-order chi connectivity index (χ1) is 33.2. The van der Waals surface area contributed by atoms with Gasteiger partial charge in [0.1, 0.15) is 23.4 Å². The molecule has 9 atom stereocenters. The Morgan fingerprint density at radius 2 is 1.53 bits per heavy atom. The highest BCUT2D eigenvalue weighted by atomic mass is 16.7. The molecule has 4 aliphatic carbocycles. The molecule has 0 radical (unpaired) electrons. The third-order valence-electron chi connectivity index (χ3n) is 16.1. The summed E-state index contributed by atoms with van der Waals surface area (Å²) in [6.07, 6.45) is 11.6. The second-order valence-corrected chi connectivity index (χ2v) is 21.0. The van der Waals surface area contributed by atoms with Crippen LogP contribution in [0.5, 0.6) is 23.0 Å². The van der Waals surface area contributed by atoms with Crippen LogP contribution in [0, 0.1) is 48.3 Å². The number of rotatable bonds is 7. The molecular weight excluding hydrogens is 895 g/mol. The number of hydrazone groups is 1. The predicted molar refractivity (Wildman–Crippen MR) is 264 cm³/mol. The summed E-state index contributed by atoms with van der Waals surface area (Å²) < 4.78 is 24.0. The Morgan fingerprint density at radius 3 is 2.14 bits per heavy atom. The first kappa shape index (κ1) is 50.5. The average Bonchev–Trinajstić information content (AvgIpc) is 3.58. The Kier molecular flexibility index (Phi) is 14.2. The van der Waals surface area contributed by atoms with E-state index in [0.29, 0.717) is 24.3 Å². The van der Waals surface area contributed by atoms with E-state index in [2.05, 4.69) is 10.3 Å². The van der Waals surface area contributed by atoms with E-state index >= 15 is 0 Å². The topological polar surface area (TPSA) is 217 Å². The van der Waals surface area contributed by atoms with E-state index in [1.165, 1.54) is 71.8 Å². The second kappa shape index (κ2) is 19.7. The minimum atomic E-state index is -2.07. The van der Waals surface area contributed by atoms with Gasteiger partial charge in [-0.1, -0.05) is 76.3 Å². The SMILES string of the molecule is COC1C=COC2(C)Oc3c(C)c(O)c4c(O)c(c(C=NN(Cc5ccccc5)C56CC7CC(CC(C7)C5)C6)c(O)c4c3C2=O)NC(=O)C(C)=CC=CC(C)C(O)C(C)C(O)C(C)C(OC(C)=O)C1C. The molecule has 3 heterocycles. The number of aromatic hydroxyl groups is 3. The van der Waals surface area contributed by atoms with Crippen LogP contribution in [0.3, 0.4) is 0 Å². The van der Waals surface area contributed by atoms with Gasteiger partial charge >= 0.3 is 11.8 Å². The lowest BCUT2D eigenvalue weighted by Gasteiger charge is -2.59. The smallest absolute Gasteiger partial charge is 0.312 e. The quantitative estimate of drug-likeness (QED) is 0.0431. The number of amides is 1. The van der Waals surface area contributed by atoms with Gasteiger partial charge in [-0.3, -0.25) is 19.4 Å². The Balaban J connectivity index is 1.29. The van der Waals surface area contributed by atoms with E-state index < -0.39 is 88.8 Å². The van der Waals surface area contributed by atoms with Crippen molar-refractivity contribution in [2.45, 2.75) is 136 Å². The average molecular weight is 964 g/mol. The number of carbonyl (C=O) groups is 3. The molecule has 4 saturated carbocycles. The van der Waals surface area contributed by atoms with Crippen molar-refractivity contribution in [3.05, 3.63) is 88.7 Å². The van der Waals surface area contributed by atoms with Gasteiger partial charge in [0.25, 0.3) is 11.7 Å². The van der Waals surface area contributed by atoms with Crippen LogP contribution in [0.2, 0.25) is 0 Å². The van der Waals surface area contributed by atoms with Crippen molar-refractivity contribution in [2.75, 3.05) is 12.4 Å². The van der Waals surface area contributed by atoms with Crippen LogP contribution < -0.4 is 10.1 Å². The monoisotopic (exact) mass is 963 g/mol. The van der Waals surface area contributed by atoms with Gasteiger partial charge in [-0.15, -0.1) is 0 Å². The van der Waals surface area contributed by atoms with Crippen LogP contribution in [-0.4, -0.2) is 97.3 Å². The van der Waals surface area contributed by atoms with Crippen molar-refractivity contribution in [3.8, 4) is 23.0 Å². The van der Waals surface area contributed by atoms with E-state index in [9.17, 15) is 39.9 Å². The zero-order valence-corrected chi connectivity index (χ0v) is 41.6. The molecule has 7 aliphatic rings. The molecule has 9 unspecified atom stereocenters. The van der Waals surface area contributed by atoms with E-state index in [0.717, 1.165) is 24.8 Å². The van der Waals surface area contributed by atoms with Crippen molar-refractivity contribution in [2.24, 2.45) is 46.5 Å². The van der Waals surface area contributed by atoms with Gasteiger partial charge in [0.15, 0.2) is 5.75 Å². The molecule has 1 amide bonds. The zero-order valence-electron chi connectivity index (χ0n) is 41.6. The fourth-order valence-corrected chi connectivity index (χ4v) is 12.5. The summed E-state index contributed by atoms with van der Waals surface area (Å²) in [5.41, 5.74) is 0.492. The van der Waals surface area contributed by atoms with Gasteiger partial charge in [-0.05, 0) is 81.8 Å². The van der Waals surface area contributed by atoms with Crippen molar-refractivity contribution in [1.29, 1.82) is 0 Å². The van der Waals surface area contributed by atoms with Crippen molar-refractivity contribution >= 4 is 40.3 Å². The van der Waals surface area contributed by atoms with Gasteiger partial charge in [0, 0.05) is 61.2 Å². The Hall–Kier alpha value is -5.90. The highest BCUT2D eigenvalue weighted by molar-refractivity contribution is 6.23. The molecule has 3 aromatic rings. The Bertz CT molecular complexity index is 2610. The van der Waals surface area contributed by atoms with Crippen LogP contribution >= 0.6 is 0 Å². The third kappa shape index (κ3) is 9.27. The fraction of sp³-hybridized carbons (Fsp3) is 0.527. The summed E-state index contributed by atoms with van der Waals surface area (Å²) in [6.45, 7) is 13.1. The van der Waals surface area contributed by atoms with Gasteiger partial charge in [0.05, 0.1) is 65.1 Å². The van der Waals surface area contributed by atoms with Gasteiger partial charge in [-0.2, -0.15) is 5.10 Å². The second-order valence-electron chi connectivity index (χ2n) is 21.0. The summed E-state index contributed by atoms with van der Waals surface area (Å²) in [7, 11) is 1.45. The third-order valence-corrected chi connectivity index (χ3v) is 16.1. The number of aliphatic hydroxyl groups excluding tert-OH is 2. The molecule has 6 N–H and O–H groups in total. The number of Topliss-reactive ketones (excluding diaryl/α,β-unsaturated/α-hetero) is 1. The number of methoxy groups -OCH3 is 1. The maximum absolute atomic E-state index is 14.8. The summed E-state index contributed by atoms with van der Waals surface area (Å²) >= 11 is 0. The molecule has 9 bridgehead atoms. The number of fused-ring (bicyclic) bond motifs is 14. The number of hydrogen-bond donors (Lipinski definition) is 6. The number of allylic oxidation sites excluding steroid dienone is 2. The Morgan fingerprint density at radius 1 is 0.886 bits per heavy atom. The first-order valence-electron chi connectivity index (χ1n) is 24.6. The number of hydrogen-bond acceptors (Lipinski definition) is 14. The molecule has 376 valence electrons. The minimum Gasteiger partial charge on any atom is -0.507 e. The fourth-order valence-electron chi connectivity index (χ4n) is 12.5. The maximum Gasteiger partial charge on any atom is 0.312 e. The molecule has 0 aromatic heterocycles. The van der Waals surface area contributed by atoms with E-state index in [4.69, 9.17) is 24.0 Å². The molecule has 4 fully saturated rings. The van der Waals surface area contributed by atoms with Crippen LogP contribution in [0.4, 0.5) is 5.69 Å². The molecule has 15 nitrogen and oxygen atoms in total. The molecular formula is C55H69N3O12. The number of anilines is 1. The highest BCUT2D eigenvalue weighted by Gasteiger charge is 2.54. The number of ether oxygens (including phenoxy) is 4. The summed E-state index contributed by atoms with van der Waals surface area (Å²) in [5.74, 6) is -6.60. The standard InChI is InChI=1S/C55H69N3O12/c1-28-14-13-15-29(2)53(66)57-44-39(26-56-58(27-35-16-11-10-12-17-35)55-23-36-20-37(24-55)22-38(21-36)25-55)48(63)41-42(49(44)64)47(62)33(6)51-43(41)52(65)54(8,70-51)68-19-18-40(67-9)30(3)50(69-34(7)59)32(5)46(61)31(4)45(28)60/h10-19,26,28,30-32,36-38,40,45-46,50,60-64H,20-25,27H2,1-9H3,(H,57,66). The highest BCUT2D eigenvalue weighted by Crippen LogP contribution is 2.59. The molecule has 10 rings (SSSR count). The number of phenolic OH excluding ortho intramolecular Hbond substituents is 3. The van der Waals surface area contributed by atoms with E-state index in [1.54, 1.807) is 46.8 Å². The van der Waals surface area contributed by atoms with Crippen molar-refractivity contribution in [1.82, 2.24) is 5.01 Å². The summed E-state index contributed by atoms with van der Waals surface area (Å²) in [4.78, 5) is 41.5. The number of benzene rings is 3. The minimum absolute atomic E-state index is 0.0637. The number of phenols is 3. The normalized spacial score (nSPS) is 33.4. The first-order valence-corrected chi connectivity index (χ1v) is 24.6. The molecule has 3 aromatic carbocycles. The molecule has 0 spiro atoms. The van der Waals surface area contributed by atoms with Gasteiger partial charge < -0.3 is 49.8 Å². The zero-order chi connectivity index (χ0) is 50.6. The maximum atomic E-state index is 14.8. The van der Waals surface area contributed by atoms with Crippen molar-refractivity contribution < 1.29 is 58.9 Å². The van der Waals surface area contributed by atoms with E-state index in [-0.39, 0.29) is 50.0 Å². The van der Waals surface area contributed by atoms with Gasteiger partial charge in [-0.25, -0.2) is 0 Å². The van der Waals surface area contributed by atoms with Crippen LogP contribution in [-0.2, 0) is 30.3 Å². The van der Waals surface area contributed by atoms with Gasteiger partial charge in [0.2, 0.25) is 0 Å². The summed E-state index contributed by atoms with van der Waals surface area (Å²) in [5, 5.41) is 69.6. The number of carbonyl (C=O) groups excluding carboxylic acids is 3. The van der Waals surface area contributed by atoms with Crippen LogP contribution in [0.25, 0.3) is 10.8 Å². The summed E-state index contributed by atoms with van der Waals surface area (Å²) in [6, 6.07) is 10.0. The number of nitrogens with zero attached hydrogens (tertiary/aromatic N) is 2. The Labute approximate surface area is 409 Å². The molecule has 0 saturated heterocycles. The number of aliphatic hydroxyl groups is 2. The van der Waals surface area contributed by atoms with Crippen LogP contribution in [0.15, 0.2) is 71.6 Å². The molecule has 3 aliphatic heterocycles. The van der Waals surface area contributed by atoms with Crippen LogP contribution in [0.1, 0.15) is 114 Å². The lowest BCUT2D eigenvalue weighted by atomic mass is 9.52. The van der Waals surface area contributed by atoms with Crippen molar-refractivity contribution in [3.63, 3.8) is 0 Å². The number of ketones is 1. The predicted octanol–water partition coefficient (Wildman–Crippen LogP) is 8.56. The van der Waals surface area contributed by atoms with E-state index in [1.807, 2.05) is 30.3 Å².